The maximum atomic E-state index is 15.2. The van der Waals surface area contributed by atoms with Crippen LogP contribution >= 0.6 is 0 Å². The van der Waals surface area contributed by atoms with E-state index in [-0.39, 0.29) is 11.4 Å². The fraction of sp³-hybridized carbons (Fsp3) is 0.136. The van der Waals surface area contributed by atoms with Gasteiger partial charge >= 0.3 is 0 Å². The number of hydrogen-bond acceptors (Lipinski definition) is 5. The summed E-state index contributed by atoms with van der Waals surface area (Å²) in [6.07, 6.45) is 8.60. The number of nitrogens with zero attached hydrogens (tertiary/aromatic N) is 5. The Morgan fingerprint density at radius 3 is 2.80 bits per heavy atom. The molecule has 8 heteroatoms. The van der Waals surface area contributed by atoms with E-state index < -0.39 is 11.7 Å². The van der Waals surface area contributed by atoms with Crippen molar-refractivity contribution in [1.29, 1.82) is 0 Å². The van der Waals surface area contributed by atoms with Crippen LogP contribution in [0.1, 0.15) is 29.4 Å². The van der Waals surface area contributed by atoms with Crippen molar-refractivity contribution in [1.82, 2.24) is 24.7 Å². The van der Waals surface area contributed by atoms with E-state index in [0.29, 0.717) is 17.4 Å². The molecule has 5 rings (SSSR count). The van der Waals surface area contributed by atoms with Gasteiger partial charge in [0.25, 0.3) is 5.91 Å². The Bertz CT molecular complexity index is 1220. The van der Waals surface area contributed by atoms with Crippen LogP contribution in [0, 0.1) is 5.82 Å². The van der Waals surface area contributed by atoms with Crippen LogP contribution in [0.3, 0.4) is 0 Å². The van der Waals surface area contributed by atoms with E-state index >= 15 is 4.39 Å². The molecule has 1 aliphatic rings. The van der Waals surface area contributed by atoms with Gasteiger partial charge in [0.2, 0.25) is 0 Å². The van der Waals surface area contributed by atoms with Crippen LogP contribution in [-0.2, 0) is 0 Å². The van der Waals surface area contributed by atoms with Gasteiger partial charge in [0.05, 0.1) is 11.3 Å². The molecule has 1 N–H and O–H groups in total. The molecule has 30 heavy (non-hydrogen) atoms. The summed E-state index contributed by atoms with van der Waals surface area (Å²) >= 11 is 0. The Kier molecular flexibility index (Phi) is 4.51. The lowest BCUT2D eigenvalue weighted by molar-refractivity contribution is 0.102. The molecule has 148 valence electrons. The van der Waals surface area contributed by atoms with Gasteiger partial charge < -0.3 is 9.88 Å². The van der Waals surface area contributed by atoms with Gasteiger partial charge in [-0.15, -0.1) is 10.2 Å². The number of rotatable bonds is 5. The Morgan fingerprint density at radius 2 is 2.00 bits per heavy atom. The van der Waals surface area contributed by atoms with Crippen LogP contribution < -0.4 is 5.32 Å². The minimum Gasteiger partial charge on any atom is -0.318 e. The predicted molar refractivity (Wildman–Crippen MR) is 109 cm³/mol. The summed E-state index contributed by atoms with van der Waals surface area (Å²) in [6.45, 7) is 0. The number of hydrogen-bond donors (Lipinski definition) is 1. The zero-order valence-corrected chi connectivity index (χ0v) is 15.9. The average molecular weight is 400 g/mol. The lowest BCUT2D eigenvalue weighted by atomic mass is 10.1. The summed E-state index contributed by atoms with van der Waals surface area (Å²) in [5.41, 5.74) is 2.21. The summed E-state index contributed by atoms with van der Waals surface area (Å²) in [5.74, 6) is -0.590. The number of amides is 1. The molecule has 0 bridgehead atoms. The number of carbonyl (C=O) groups is 1. The van der Waals surface area contributed by atoms with Gasteiger partial charge in [-0.25, -0.2) is 4.39 Å². The molecular weight excluding hydrogens is 383 g/mol. The third-order valence-electron chi connectivity index (χ3n) is 4.99. The molecule has 1 aliphatic carbocycles. The highest BCUT2D eigenvalue weighted by atomic mass is 19.1. The molecule has 3 heterocycles. The number of anilines is 1. The van der Waals surface area contributed by atoms with Crippen molar-refractivity contribution in [2.75, 3.05) is 5.32 Å². The highest BCUT2D eigenvalue weighted by Crippen LogP contribution is 2.38. The SMILES string of the molecule is O=C(Nc1cccc(-c2nncn2C2CC2)c1F)c1cc(-c2cccnc2)ccn1. The minimum absolute atomic E-state index is 0.0661. The zero-order valence-electron chi connectivity index (χ0n) is 15.9. The lowest BCUT2D eigenvalue weighted by Gasteiger charge is -2.11. The van der Waals surface area contributed by atoms with Crippen molar-refractivity contribution in [3.63, 3.8) is 0 Å². The second-order valence-corrected chi connectivity index (χ2v) is 7.09. The molecule has 1 amide bonds. The topological polar surface area (TPSA) is 85.6 Å². The molecule has 0 spiro atoms. The van der Waals surface area contributed by atoms with Crippen LogP contribution in [-0.4, -0.2) is 30.6 Å². The van der Waals surface area contributed by atoms with Gasteiger partial charge in [-0.3, -0.25) is 14.8 Å². The highest BCUT2D eigenvalue weighted by molar-refractivity contribution is 6.03. The van der Waals surface area contributed by atoms with Crippen LogP contribution in [0.25, 0.3) is 22.5 Å². The van der Waals surface area contributed by atoms with Gasteiger partial charge in [0.15, 0.2) is 11.6 Å². The molecular formula is C22H17FN6O. The average Bonchev–Trinajstić information content (AvgIpc) is 3.52. The number of halogens is 1. The van der Waals surface area contributed by atoms with Crippen LogP contribution in [0.4, 0.5) is 10.1 Å². The standard InChI is InChI=1S/C22H17FN6O/c23-20-17(21-28-26-13-29(21)16-6-7-16)4-1-5-18(20)27-22(30)19-11-14(8-10-25-19)15-3-2-9-24-12-15/h1-5,8-13,16H,6-7H2,(H,27,30). The summed E-state index contributed by atoms with van der Waals surface area (Å²) in [5, 5.41) is 10.6. The van der Waals surface area contributed by atoms with Gasteiger partial charge in [0, 0.05) is 30.2 Å². The highest BCUT2D eigenvalue weighted by Gasteiger charge is 2.28. The molecule has 3 aromatic heterocycles. The maximum Gasteiger partial charge on any atom is 0.274 e. The third kappa shape index (κ3) is 3.43. The van der Waals surface area contributed by atoms with Gasteiger partial charge in [-0.1, -0.05) is 12.1 Å². The van der Waals surface area contributed by atoms with E-state index in [4.69, 9.17) is 0 Å². The molecule has 4 aromatic rings. The van der Waals surface area contributed by atoms with E-state index in [1.54, 1.807) is 49.2 Å². The van der Waals surface area contributed by atoms with E-state index in [1.807, 2.05) is 16.7 Å². The molecule has 1 saturated carbocycles. The molecule has 1 aromatic carbocycles. The molecule has 0 atom stereocenters. The predicted octanol–water partition coefficient (Wildman–Crippen LogP) is 4.13. The van der Waals surface area contributed by atoms with E-state index in [2.05, 4.69) is 25.5 Å². The van der Waals surface area contributed by atoms with Crippen molar-refractivity contribution in [2.24, 2.45) is 0 Å². The van der Waals surface area contributed by atoms with E-state index in [1.165, 1.54) is 6.07 Å². The summed E-state index contributed by atoms with van der Waals surface area (Å²) < 4.78 is 17.1. The summed E-state index contributed by atoms with van der Waals surface area (Å²) in [6, 6.07) is 12.3. The Morgan fingerprint density at radius 1 is 1.10 bits per heavy atom. The Labute approximate surface area is 171 Å². The number of pyridine rings is 2. The molecule has 7 nitrogen and oxygen atoms in total. The molecule has 0 saturated heterocycles. The van der Waals surface area contributed by atoms with Crippen molar-refractivity contribution in [2.45, 2.75) is 18.9 Å². The summed E-state index contributed by atoms with van der Waals surface area (Å²) in [4.78, 5) is 21.0. The third-order valence-corrected chi connectivity index (χ3v) is 4.99. The van der Waals surface area contributed by atoms with Crippen molar-refractivity contribution >= 4 is 11.6 Å². The van der Waals surface area contributed by atoms with Crippen LogP contribution in [0.5, 0.6) is 0 Å². The first kappa shape index (κ1) is 18.1. The summed E-state index contributed by atoms with van der Waals surface area (Å²) in [7, 11) is 0. The fourth-order valence-electron chi connectivity index (χ4n) is 3.31. The first-order chi connectivity index (χ1) is 14.7. The molecule has 1 fully saturated rings. The van der Waals surface area contributed by atoms with Crippen molar-refractivity contribution in [3.8, 4) is 22.5 Å². The quantitative estimate of drug-likeness (QED) is 0.544. The van der Waals surface area contributed by atoms with E-state index in [9.17, 15) is 4.79 Å². The lowest BCUT2D eigenvalue weighted by Crippen LogP contribution is -2.15. The van der Waals surface area contributed by atoms with E-state index in [0.717, 1.165) is 24.0 Å². The number of benzene rings is 1. The second-order valence-electron chi connectivity index (χ2n) is 7.09. The number of carbonyl (C=O) groups excluding carboxylic acids is 1. The first-order valence-electron chi connectivity index (χ1n) is 9.57. The Hall–Kier alpha value is -3.94. The van der Waals surface area contributed by atoms with Gasteiger partial charge in [0.1, 0.15) is 12.0 Å². The van der Waals surface area contributed by atoms with Gasteiger partial charge in [-0.2, -0.15) is 0 Å². The van der Waals surface area contributed by atoms with Crippen LogP contribution in [0.15, 0.2) is 67.4 Å². The normalized spacial score (nSPS) is 13.2. The zero-order chi connectivity index (χ0) is 20.5. The van der Waals surface area contributed by atoms with Crippen molar-refractivity contribution in [3.05, 3.63) is 78.9 Å². The number of aromatic nitrogens is 5. The maximum absolute atomic E-state index is 15.2. The van der Waals surface area contributed by atoms with Gasteiger partial charge in [-0.05, 0) is 48.7 Å². The second kappa shape index (κ2) is 7.47. The van der Waals surface area contributed by atoms with Crippen LogP contribution in [0.2, 0.25) is 0 Å². The first-order valence-corrected chi connectivity index (χ1v) is 9.57. The largest absolute Gasteiger partial charge is 0.318 e. The van der Waals surface area contributed by atoms with Crippen molar-refractivity contribution < 1.29 is 9.18 Å². The fourth-order valence-corrected chi connectivity index (χ4v) is 3.31. The molecule has 0 aliphatic heterocycles. The molecule has 0 radical (unpaired) electrons. The number of nitrogens with one attached hydrogen (secondary N) is 1. The monoisotopic (exact) mass is 400 g/mol. The minimum atomic E-state index is -0.552. The molecule has 0 unspecified atom stereocenters. The Balaban J connectivity index is 1.43. The smallest absolute Gasteiger partial charge is 0.274 e.